The number of rotatable bonds is 7. The Morgan fingerprint density at radius 1 is 1.38 bits per heavy atom. The van der Waals surface area contributed by atoms with Gasteiger partial charge in [0.15, 0.2) is 11.5 Å². The van der Waals surface area contributed by atoms with Crippen LogP contribution in [-0.4, -0.2) is 46.2 Å². The van der Waals surface area contributed by atoms with E-state index in [1.165, 1.54) is 0 Å². The van der Waals surface area contributed by atoms with Crippen LogP contribution in [0.3, 0.4) is 0 Å². The van der Waals surface area contributed by atoms with Crippen molar-refractivity contribution in [2.45, 2.75) is 19.6 Å². The molecule has 0 saturated carbocycles. The van der Waals surface area contributed by atoms with Gasteiger partial charge in [-0.2, -0.15) is 0 Å². The van der Waals surface area contributed by atoms with Gasteiger partial charge >= 0.3 is 0 Å². The molecule has 21 heavy (non-hydrogen) atoms. The lowest BCUT2D eigenvalue weighted by Crippen LogP contribution is -2.37. The number of methoxy groups -OCH3 is 1. The number of hydrogen-bond acceptors (Lipinski definition) is 5. The second-order valence-corrected chi connectivity index (χ2v) is 5.59. The van der Waals surface area contributed by atoms with Crippen molar-refractivity contribution in [1.82, 2.24) is 5.32 Å². The summed E-state index contributed by atoms with van der Waals surface area (Å²) in [6.07, 6.45) is 0.131. The predicted octanol–water partition coefficient (Wildman–Crippen LogP) is 2.36. The van der Waals surface area contributed by atoms with E-state index in [0.29, 0.717) is 26.4 Å². The van der Waals surface area contributed by atoms with Gasteiger partial charge in [-0.25, -0.2) is 0 Å². The maximum atomic E-state index is 5.59. The molecule has 1 fully saturated rings. The van der Waals surface area contributed by atoms with Gasteiger partial charge in [0.05, 0.1) is 44.1 Å². The quantitative estimate of drug-likeness (QED) is 0.809. The lowest BCUT2D eigenvalue weighted by atomic mass is 10.2. The third-order valence-electron chi connectivity index (χ3n) is 3.16. The second kappa shape index (κ2) is 8.58. The Bertz CT molecular complexity index is 450. The van der Waals surface area contributed by atoms with Crippen LogP contribution in [0.1, 0.15) is 12.5 Å². The molecule has 6 heteroatoms. The molecule has 118 valence electrons. The van der Waals surface area contributed by atoms with Crippen LogP contribution in [0.25, 0.3) is 0 Å². The second-order valence-electron chi connectivity index (χ2n) is 4.74. The molecule has 0 spiro atoms. The number of nitrogens with one attached hydrogen (secondary N) is 1. The van der Waals surface area contributed by atoms with E-state index in [1.54, 1.807) is 7.11 Å². The van der Waals surface area contributed by atoms with Crippen molar-refractivity contribution in [2.24, 2.45) is 0 Å². The zero-order chi connectivity index (χ0) is 15.1. The molecule has 0 bridgehead atoms. The molecule has 0 radical (unpaired) electrons. The van der Waals surface area contributed by atoms with Gasteiger partial charge in [0.25, 0.3) is 0 Å². The summed E-state index contributed by atoms with van der Waals surface area (Å²) < 4.78 is 22.8. The first-order valence-electron chi connectivity index (χ1n) is 7.13. The van der Waals surface area contributed by atoms with Crippen LogP contribution in [0, 0.1) is 0 Å². The summed E-state index contributed by atoms with van der Waals surface area (Å²) in [6, 6.07) is 4.03. The first kappa shape index (κ1) is 16.5. The third-order valence-corrected chi connectivity index (χ3v) is 3.75. The molecule has 0 aromatic heterocycles. The summed E-state index contributed by atoms with van der Waals surface area (Å²) in [5, 5.41) is 3.38. The maximum absolute atomic E-state index is 5.59. The topological polar surface area (TPSA) is 49.0 Å². The maximum Gasteiger partial charge on any atom is 0.175 e. The highest BCUT2D eigenvalue weighted by molar-refractivity contribution is 9.10. The molecule has 1 aliphatic rings. The fourth-order valence-electron chi connectivity index (χ4n) is 2.19. The van der Waals surface area contributed by atoms with Gasteiger partial charge in [0.1, 0.15) is 0 Å². The molecule has 1 unspecified atom stereocenters. The van der Waals surface area contributed by atoms with Crippen molar-refractivity contribution < 1.29 is 18.9 Å². The molecule has 5 nitrogen and oxygen atoms in total. The number of halogens is 1. The van der Waals surface area contributed by atoms with E-state index in [2.05, 4.69) is 21.2 Å². The molecular weight excluding hydrogens is 338 g/mol. The summed E-state index contributed by atoms with van der Waals surface area (Å²) in [5.41, 5.74) is 1.12. The molecule has 1 atom stereocenters. The van der Waals surface area contributed by atoms with Gasteiger partial charge in [0.2, 0.25) is 0 Å². The van der Waals surface area contributed by atoms with E-state index in [9.17, 15) is 0 Å². The Morgan fingerprint density at radius 2 is 2.24 bits per heavy atom. The lowest BCUT2D eigenvalue weighted by molar-refractivity contribution is -0.0864. The van der Waals surface area contributed by atoms with Gasteiger partial charge in [-0.1, -0.05) is 0 Å². The van der Waals surface area contributed by atoms with Crippen molar-refractivity contribution in [3.05, 3.63) is 22.2 Å². The number of benzene rings is 1. The highest BCUT2D eigenvalue weighted by atomic mass is 79.9. The van der Waals surface area contributed by atoms with Gasteiger partial charge in [-0.05, 0) is 40.5 Å². The zero-order valence-electron chi connectivity index (χ0n) is 12.5. The van der Waals surface area contributed by atoms with E-state index < -0.39 is 0 Å². The molecule has 0 aliphatic carbocycles. The monoisotopic (exact) mass is 359 g/mol. The fourth-order valence-corrected chi connectivity index (χ4v) is 2.80. The lowest BCUT2D eigenvalue weighted by Gasteiger charge is -2.23. The first-order chi connectivity index (χ1) is 10.2. The molecule has 0 amide bonds. The van der Waals surface area contributed by atoms with E-state index in [0.717, 1.165) is 34.6 Å². The van der Waals surface area contributed by atoms with Crippen molar-refractivity contribution in [3.8, 4) is 11.5 Å². The molecule has 1 aromatic rings. The highest BCUT2D eigenvalue weighted by Gasteiger charge is 2.14. The predicted molar refractivity (Wildman–Crippen MR) is 84.1 cm³/mol. The minimum absolute atomic E-state index is 0.131. The van der Waals surface area contributed by atoms with E-state index in [1.807, 2.05) is 19.1 Å². The smallest absolute Gasteiger partial charge is 0.175 e. The molecule has 1 aliphatic heterocycles. The Balaban J connectivity index is 1.92. The van der Waals surface area contributed by atoms with Crippen molar-refractivity contribution >= 4 is 15.9 Å². The minimum Gasteiger partial charge on any atom is -0.493 e. The number of ether oxygens (including phenoxy) is 4. The Kier molecular flexibility index (Phi) is 6.76. The Labute approximate surface area is 134 Å². The van der Waals surface area contributed by atoms with Gasteiger partial charge in [-0.15, -0.1) is 0 Å². The summed E-state index contributed by atoms with van der Waals surface area (Å²) in [5.74, 6) is 1.48. The normalized spacial score (nSPS) is 18.5. The Hall–Kier alpha value is -0.820. The molecule has 1 saturated heterocycles. The van der Waals surface area contributed by atoms with Gasteiger partial charge < -0.3 is 24.3 Å². The van der Waals surface area contributed by atoms with Gasteiger partial charge in [0, 0.05) is 13.1 Å². The van der Waals surface area contributed by atoms with Crippen LogP contribution in [0.15, 0.2) is 16.6 Å². The van der Waals surface area contributed by atoms with Crippen molar-refractivity contribution in [2.75, 3.05) is 40.1 Å². The van der Waals surface area contributed by atoms with Crippen LogP contribution in [-0.2, 0) is 16.0 Å². The SMILES string of the molecule is CCOc1c(Br)cc(CNCC2COCCO2)cc1OC. The Morgan fingerprint density at radius 3 is 2.90 bits per heavy atom. The van der Waals surface area contributed by atoms with Crippen LogP contribution < -0.4 is 14.8 Å². The van der Waals surface area contributed by atoms with E-state index in [4.69, 9.17) is 18.9 Å². The highest BCUT2D eigenvalue weighted by Crippen LogP contribution is 2.36. The van der Waals surface area contributed by atoms with Crippen LogP contribution in [0.4, 0.5) is 0 Å². The fraction of sp³-hybridized carbons (Fsp3) is 0.600. The number of hydrogen-bond donors (Lipinski definition) is 1. The van der Waals surface area contributed by atoms with Crippen molar-refractivity contribution in [3.63, 3.8) is 0 Å². The molecule has 1 aromatic carbocycles. The minimum atomic E-state index is 0.131. The summed E-state index contributed by atoms with van der Waals surface area (Å²) in [6.45, 7) is 6.09. The van der Waals surface area contributed by atoms with Crippen LogP contribution in [0.2, 0.25) is 0 Å². The van der Waals surface area contributed by atoms with E-state index in [-0.39, 0.29) is 6.10 Å². The largest absolute Gasteiger partial charge is 0.493 e. The first-order valence-corrected chi connectivity index (χ1v) is 7.93. The summed E-state index contributed by atoms with van der Waals surface area (Å²) >= 11 is 3.53. The van der Waals surface area contributed by atoms with Crippen LogP contribution in [0.5, 0.6) is 11.5 Å². The van der Waals surface area contributed by atoms with Crippen molar-refractivity contribution in [1.29, 1.82) is 0 Å². The van der Waals surface area contributed by atoms with Crippen LogP contribution >= 0.6 is 15.9 Å². The zero-order valence-corrected chi connectivity index (χ0v) is 14.1. The summed E-state index contributed by atoms with van der Waals surface area (Å²) in [7, 11) is 1.65. The molecular formula is C15H22BrNO4. The summed E-state index contributed by atoms with van der Waals surface area (Å²) in [4.78, 5) is 0. The average molecular weight is 360 g/mol. The van der Waals surface area contributed by atoms with Gasteiger partial charge in [-0.3, -0.25) is 0 Å². The molecule has 1 heterocycles. The standard InChI is InChI=1S/C15H22BrNO4/c1-3-20-15-13(16)6-11(7-14(15)18-2)8-17-9-12-10-19-4-5-21-12/h6-7,12,17H,3-5,8-10H2,1-2H3. The third kappa shape index (κ3) is 4.85. The van der Waals surface area contributed by atoms with E-state index >= 15 is 0 Å². The molecule has 2 rings (SSSR count). The average Bonchev–Trinajstić information content (AvgIpc) is 2.51. The molecule has 1 N–H and O–H groups in total.